The van der Waals surface area contributed by atoms with Gasteiger partial charge in [0.25, 0.3) is 29.5 Å². The van der Waals surface area contributed by atoms with Gasteiger partial charge in [-0.3, -0.25) is 47.9 Å². The molecule has 0 atom stereocenters. The fraction of sp³-hybridized carbons (Fsp3) is 0.352. The molecule has 3 aliphatic carbocycles. The van der Waals surface area contributed by atoms with Crippen molar-refractivity contribution in [2.75, 3.05) is 44.6 Å². The Hall–Kier alpha value is -14.6. The highest BCUT2D eigenvalue weighted by Gasteiger charge is 2.37. The zero-order chi connectivity index (χ0) is 89.9. The van der Waals surface area contributed by atoms with Crippen molar-refractivity contribution < 1.29 is 67.9 Å². The molecule has 5 amide bonds. The second-order valence-electron chi connectivity index (χ2n) is 32.2. The zero-order valence-corrected chi connectivity index (χ0v) is 71.0. The number of aliphatic hydroxyl groups excluding tert-OH is 1. The van der Waals surface area contributed by atoms with E-state index in [9.17, 15) is 57.8 Å². The van der Waals surface area contributed by atoms with E-state index >= 15 is 0 Å². The van der Waals surface area contributed by atoms with Crippen molar-refractivity contribution in [2.45, 2.75) is 169 Å². The van der Waals surface area contributed by atoms with Crippen molar-refractivity contribution in [2.24, 2.45) is 5.73 Å². The Morgan fingerprint density at radius 3 is 1.17 bits per heavy atom. The van der Waals surface area contributed by atoms with E-state index in [1.807, 2.05) is 137 Å². The molecule has 0 radical (unpaired) electrons. The lowest BCUT2D eigenvalue weighted by Crippen LogP contribution is -2.46. The van der Waals surface area contributed by atoms with Crippen molar-refractivity contribution in [1.82, 2.24) is 83.9 Å². The molecule has 36 heteroatoms. The first-order valence-electron chi connectivity index (χ1n) is 42.1. The molecule has 3 aromatic carbocycles. The predicted molar refractivity (Wildman–Crippen MR) is 467 cm³/mol. The van der Waals surface area contributed by atoms with E-state index in [2.05, 4.69) is 60.8 Å². The fourth-order valence-corrected chi connectivity index (χ4v) is 15.0. The van der Waals surface area contributed by atoms with E-state index in [4.69, 9.17) is 30.2 Å². The summed E-state index contributed by atoms with van der Waals surface area (Å²) in [4.78, 5) is 176. The van der Waals surface area contributed by atoms with Gasteiger partial charge in [-0.15, -0.1) is 0 Å². The zero-order valence-electron chi connectivity index (χ0n) is 71.0. The van der Waals surface area contributed by atoms with Crippen molar-refractivity contribution in [3.05, 3.63) is 256 Å². The number of nitrogens with two attached hydrogens (primary N) is 1. The highest BCUT2D eigenvalue weighted by molar-refractivity contribution is 6.07. The lowest BCUT2D eigenvalue weighted by molar-refractivity contribution is -0.135. The smallest absolute Gasteiger partial charge is 0.339 e. The number of H-pyrrole nitrogens is 3. The number of ether oxygens (including phenoxy) is 3. The van der Waals surface area contributed by atoms with Crippen molar-refractivity contribution in [1.29, 1.82) is 0 Å². The molecule has 3 saturated carbocycles. The molecule has 127 heavy (non-hydrogen) atoms. The third-order valence-corrected chi connectivity index (χ3v) is 22.2. The summed E-state index contributed by atoms with van der Waals surface area (Å²) in [6.45, 7) is 14.4. The number of aromatic nitrogens is 12. The number of nitrogens with one attached hydrogen (secondary N) is 6. The minimum Gasteiger partial charge on any atom is -0.483 e. The second-order valence-corrected chi connectivity index (χ2v) is 32.2. The number of hydrogen-bond acceptors (Lipinski definition) is 23. The number of hydrogen-bond donors (Lipinski definition) is 10. The number of rotatable bonds is 27. The van der Waals surface area contributed by atoms with Crippen LogP contribution >= 0.6 is 0 Å². The van der Waals surface area contributed by atoms with Gasteiger partial charge in [0.2, 0.25) is 16.3 Å². The highest BCUT2D eigenvalue weighted by atomic mass is 16.5. The summed E-state index contributed by atoms with van der Waals surface area (Å²) < 4.78 is 22.7. The lowest BCUT2D eigenvalue weighted by atomic mass is 10.1. The maximum atomic E-state index is 13.5. The van der Waals surface area contributed by atoms with Crippen LogP contribution in [0.5, 0.6) is 17.2 Å². The Balaban J connectivity index is 0.000000135. The monoisotopic (exact) mass is 1730 g/mol. The summed E-state index contributed by atoms with van der Waals surface area (Å²) in [7, 11) is 0. The van der Waals surface area contributed by atoms with E-state index in [-0.39, 0.29) is 133 Å². The van der Waals surface area contributed by atoms with Crippen LogP contribution in [0.2, 0.25) is 0 Å². The summed E-state index contributed by atoms with van der Waals surface area (Å²) in [6, 6.07) is 32.6. The van der Waals surface area contributed by atoms with Crippen LogP contribution in [0.3, 0.4) is 0 Å². The quantitative estimate of drug-likeness (QED) is 0.0230. The molecule has 0 bridgehead atoms. The SMILES string of the molecule is CC(C)N1CCn2c(CN)cc(=O)c(OCc3ccccc3)c2C1=O.CC(C)N1CCn2c(CO)cc(=O)c(OCc3ccccc3)c2C1=O.CC(C)N1CCn2c(NCC(=O)CNC(=O)c3c[nH]c4ncc(C5CC5)nc34)cc(=O)c(OCc3ccccc3)c2C1=O.O=C(O)CNC(=O)c1c[nH]c2ncc(C3CC3)nc12.O=C(O)c1c[nH]c2ncc(C3CC3)nc12. The number of aromatic carboxylic acids is 1. The van der Waals surface area contributed by atoms with Gasteiger partial charge in [-0.25, -0.2) is 34.7 Å². The molecule has 3 fully saturated rings. The number of aliphatic carboxylic acids is 1. The van der Waals surface area contributed by atoms with Gasteiger partial charge in [0.05, 0.1) is 66.5 Å². The van der Waals surface area contributed by atoms with Gasteiger partial charge in [0, 0.05) is 130 Å². The molecule has 9 aromatic heterocycles. The van der Waals surface area contributed by atoms with Crippen molar-refractivity contribution >= 4 is 86.6 Å². The summed E-state index contributed by atoms with van der Waals surface area (Å²) in [6.07, 6.45) is 16.2. The maximum Gasteiger partial charge on any atom is 0.339 e. The number of ketones is 1. The third kappa shape index (κ3) is 20.8. The molecule has 6 aliphatic rings. The van der Waals surface area contributed by atoms with Crippen LogP contribution in [0.4, 0.5) is 5.82 Å². The van der Waals surface area contributed by atoms with E-state index in [0.29, 0.717) is 125 Å². The highest BCUT2D eigenvalue weighted by Crippen LogP contribution is 2.41. The molecule has 0 saturated heterocycles. The maximum absolute atomic E-state index is 13.5. The number of aliphatic hydroxyl groups is 1. The molecule has 660 valence electrons. The van der Waals surface area contributed by atoms with E-state index in [0.717, 1.165) is 72.3 Å². The number of amides is 5. The number of anilines is 1. The van der Waals surface area contributed by atoms with Gasteiger partial charge in [-0.1, -0.05) is 91.0 Å². The number of carboxylic acids is 2. The Bertz CT molecular complexity index is 6170. The normalized spacial score (nSPS) is 14.4. The van der Waals surface area contributed by atoms with Crippen LogP contribution in [0.1, 0.15) is 206 Å². The van der Waals surface area contributed by atoms with Crippen LogP contribution in [-0.4, -0.2) is 193 Å². The summed E-state index contributed by atoms with van der Waals surface area (Å²) in [5.74, 6) is -2.20. The largest absolute Gasteiger partial charge is 0.483 e. The number of carbonyl (C=O) groups is 8. The number of Topliss-reactive ketones (excluding diaryl/α,β-unsaturated/α-hetero) is 1. The molecule has 18 rings (SSSR count). The Labute approximate surface area is 727 Å². The molecule has 0 spiro atoms. The number of nitrogens with zero attached hydrogens (tertiary/aromatic N) is 12. The van der Waals surface area contributed by atoms with Gasteiger partial charge in [-0.2, -0.15) is 0 Å². The predicted octanol–water partition coefficient (Wildman–Crippen LogP) is 8.57. The van der Waals surface area contributed by atoms with E-state index in [1.54, 1.807) is 42.4 Å². The van der Waals surface area contributed by atoms with Crippen LogP contribution < -0.4 is 52.2 Å². The second kappa shape index (κ2) is 39.5. The van der Waals surface area contributed by atoms with Crippen LogP contribution in [0.15, 0.2) is 161 Å². The average molecular weight is 1730 g/mol. The number of carbonyl (C=O) groups excluding carboxylic acids is 6. The topological polar surface area (TPSA) is 487 Å². The lowest BCUT2D eigenvalue weighted by Gasteiger charge is -2.34. The number of fused-ring (bicyclic) bond motifs is 6. The minimum atomic E-state index is -1.09. The molecule has 36 nitrogen and oxygen atoms in total. The van der Waals surface area contributed by atoms with Crippen LogP contribution in [0, 0.1) is 0 Å². The Morgan fingerprint density at radius 2 is 0.803 bits per heavy atom. The molecule has 12 aromatic rings. The average Bonchev–Trinajstić information content (AvgIpc) is 0.932. The summed E-state index contributed by atoms with van der Waals surface area (Å²) >= 11 is 0. The van der Waals surface area contributed by atoms with Crippen molar-refractivity contribution in [3.8, 4) is 17.2 Å². The fourth-order valence-electron chi connectivity index (χ4n) is 15.0. The van der Waals surface area contributed by atoms with Gasteiger partial charge in [-0.05, 0) is 96.8 Å². The first kappa shape index (κ1) is 88.8. The number of benzene rings is 3. The minimum absolute atomic E-state index is 0.0185. The molecular weight excluding hydrogens is 1630 g/mol. The third-order valence-electron chi connectivity index (χ3n) is 22.2. The first-order valence-corrected chi connectivity index (χ1v) is 42.1. The van der Waals surface area contributed by atoms with E-state index in [1.165, 1.54) is 36.8 Å². The first-order chi connectivity index (χ1) is 61.2. The molecule has 0 unspecified atom stereocenters. The summed E-state index contributed by atoms with van der Waals surface area (Å²) in [5, 5.41) is 35.0. The molecule has 3 aliphatic heterocycles. The molecular formula is C91H99N19O17. The van der Waals surface area contributed by atoms with Gasteiger partial charge in [0.1, 0.15) is 54.3 Å². The van der Waals surface area contributed by atoms with Gasteiger partial charge in [0.15, 0.2) is 57.1 Å². The number of carboxylic acid groups (broad SMARTS) is 2. The number of pyridine rings is 3. The molecule has 11 N–H and O–H groups in total. The van der Waals surface area contributed by atoms with Crippen LogP contribution in [-0.2, 0) is 62.2 Å². The molecule has 12 heterocycles. The Morgan fingerprint density at radius 1 is 0.457 bits per heavy atom. The van der Waals surface area contributed by atoms with Gasteiger partial charge < -0.3 is 94.6 Å². The van der Waals surface area contributed by atoms with E-state index < -0.39 is 35.7 Å². The van der Waals surface area contributed by atoms with Crippen LogP contribution in [0.25, 0.3) is 33.5 Å². The van der Waals surface area contributed by atoms with Gasteiger partial charge >= 0.3 is 11.9 Å². The Kier molecular flexibility index (Phi) is 27.6. The number of aromatic amines is 3. The van der Waals surface area contributed by atoms with Crippen molar-refractivity contribution in [3.63, 3.8) is 0 Å². The standard InChI is InChI=1S/C31H33N7O5.C19H23N3O3.C19H22N2O4.C12H12N4O3.C10H9N3O2/c1-18(2)37-10-11-38-25(12-24(40)28(27(38)31(37)42)43-17-19-6-4-3-5-7-19)32-13-21(39)14-35-30(41)22-15-33-29-26(22)36-23(16-34-29)20-8-9-20;1-13(2)21-8-9-22-15(11-20)10-16(23)18(17(22)19(21)24)25-12-14-6-4-3-5-7-14;1-13(2)20-8-9-21-15(11-22)10-16(23)18(17(21)19(20)24)25-12-14-6-4-3-5-7-14;17-9(18)5-15-12(19)7-3-13-11-10(7)16-8(4-14-11)6-1-2-6;14-10(15)6-3-11-9-8(6)13-7(4-12-9)5-1-2-5/h3-7,12,15-16,18,20,32H,8-11,13-14,17H2,1-2H3,(H,33,34)(H,35,41);3-7,10,13H,8-9,11-12,20H2,1-2H3;3-7,10,13,22H,8-9,11-12H2,1-2H3;3-4,6H,1-2,5H2,(H,13,14)(H,15,19)(H,17,18);3-5H,1-2H2,(H,11,12)(H,14,15). The summed E-state index contributed by atoms with van der Waals surface area (Å²) in [5.41, 5.74) is 15.6.